The summed E-state index contributed by atoms with van der Waals surface area (Å²) < 4.78 is 0. The van der Waals surface area contributed by atoms with Crippen LogP contribution in [0.1, 0.15) is 38.7 Å². The molecule has 154 valence electrons. The van der Waals surface area contributed by atoms with Crippen LogP contribution in [-0.4, -0.2) is 39.3 Å². The second-order valence-electron chi connectivity index (χ2n) is 7.33. The summed E-state index contributed by atoms with van der Waals surface area (Å²) in [5.41, 5.74) is 2.05. The third kappa shape index (κ3) is 5.98. The average Bonchev–Trinajstić information content (AvgIpc) is 3.18. The number of aliphatic hydroxyl groups is 1. The van der Waals surface area contributed by atoms with Gasteiger partial charge in [0.2, 0.25) is 0 Å². The van der Waals surface area contributed by atoms with Crippen molar-refractivity contribution in [2.45, 2.75) is 46.1 Å². The Balaban J connectivity index is 1.73. The lowest BCUT2D eigenvalue weighted by atomic mass is 10.2. The number of thiazole rings is 1. The van der Waals surface area contributed by atoms with Crippen LogP contribution in [0.5, 0.6) is 0 Å². The number of nitrogens with zero attached hydrogens (tertiary/aromatic N) is 4. The smallest absolute Gasteiger partial charge is 0.186 e. The van der Waals surface area contributed by atoms with Crippen LogP contribution in [0, 0.1) is 6.92 Å². The van der Waals surface area contributed by atoms with Gasteiger partial charge in [0.15, 0.2) is 5.13 Å². The lowest BCUT2D eigenvalue weighted by Gasteiger charge is -2.26. The standard InChI is InChI=1S/C22H29N5OS/c1-16(2)27(12-5-4-6-13-28)22-24-15-19(29-22)18-8-7-9-20(25-18)26-21-14-17(3)10-11-23-21/h7-11,14-16,28H,4-6,12-13H2,1-3H3,(H,23,25,26). The fraction of sp³-hybridized carbons (Fsp3) is 0.409. The molecule has 0 spiro atoms. The zero-order chi connectivity index (χ0) is 20.6. The fourth-order valence-electron chi connectivity index (χ4n) is 3.04. The molecule has 3 aromatic heterocycles. The summed E-state index contributed by atoms with van der Waals surface area (Å²) in [5, 5.41) is 13.3. The minimum atomic E-state index is 0.261. The Morgan fingerprint density at radius 2 is 1.97 bits per heavy atom. The largest absolute Gasteiger partial charge is 0.396 e. The lowest BCUT2D eigenvalue weighted by molar-refractivity contribution is 0.283. The average molecular weight is 412 g/mol. The maximum atomic E-state index is 8.98. The van der Waals surface area contributed by atoms with Gasteiger partial charge in [0.05, 0.1) is 10.6 Å². The van der Waals surface area contributed by atoms with Crippen LogP contribution in [0.15, 0.2) is 42.7 Å². The van der Waals surface area contributed by atoms with Gasteiger partial charge in [0.1, 0.15) is 11.6 Å². The van der Waals surface area contributed by atoms with Gasteiger partial charge < -0.3 is 15.3 Å². The number of hydrogen-bond acceptors (Lipinski definition) is 7. The molecule has 0 atom stereocenters. The summed E-state index contributed by atoms with van der Waals surface area (Å²) in [6.45, 7) is 7.62. The van der Waals surface area contributed by atoms with Gasteiger partial charge in [0, 0.05) is 31.6 Å². The Bertz CT molecular complexity index is 911. The molecule has 3 rings (SSSR count). The second kappa shape index (κ2) is 10.3. The zero-order valence-electron chi connectivity index (χ0n) is 17.3. The SMILES string of the molecule is Cc1ccnc(Nc2cccc(-c3cnc(N(CCCCCO)C(C)C)s3)n2)c1. The predicted octanol–water partition coefficient (Wildman–Crippen LogP) is 5.03. The molecule has 0 aliphatic rings. The zero-order valence-corrected chi connectivity index (χ0v) is 18.1. The quantitative estimate of drug-likeness (QED) is 0.456. The summed E-state index contributed by atoms with van der Waals surface area (Å²) >= 11 is 1.66. The molecule has 3 heterocycles. The molecule has 0 aliphatic heterocycles. The first-order chi connectivity index (χ1) is 14.1. The van der Waals surface area contributed by atoms with Crippen molar-refractivity contribution in [2.75, 3.05) is 23.4 Å². The van der Waals surface area contributed by atoms with Gasteiger partial charge >= 0.3 is 0 Å². The predicted molar refractivity (Wildman–Crippen MR) is 121 cm³/mol. The van der Waals surface area contributed by atoms with E-state index in [2.05, 4.69) is 34.0 Å². The van der Waals surface area contributed by atoms with E-state index in [1.54, 1.807) is 17.5 Å². The van der Waals surface area contributed by atoms with Crippen LogP contribution in [-0.2, 0) is 0 Å². The van der Waals surface area contributed by atoms with E-state index in [1.807, 2.05) is 43.5 Å². The van der Waals surface area contributed by atoms with Crippen LogP contribution in [0.25, 0.3) is 10.6 Å². The number of anilines is 3. The Hall–Kier alpha value is -2.51. The maximum absolute atomic E-state index is 8.98. The van der Waals surface area contributed by atoms with Crippen LogP contribution in [0.4, 0.5) is 16.8 Å². The summed E-state index contributed by atoms with van der Waals surface area (Å²) in [7, 11) is 0. The highest BCUT2D eigenvalue weighted by Gasteiger charge is 2.15. The Morgan fingerprint density at radius 3 is 2.72 bits per heavy atom. The number of nitrogens with one attached hydrogen (secondary N) is 1. The van der Waals surface area contributed by atoms with Crippen LogP contribution in [0.2, 0.25) is 0 Å². The van der Waals surface area contributed by atoms with Gasteiger partial charge in [-0.05, 0) is 69.9 Å². The van der Waals surface area contributed by atoms with Gasteiger partial charge in [-0.25, -0.2) is 15.0 Å². The Kier molecular flexibility index (Phi) is 7.55. The molecule has 0 fully saturated rings. The highest BCUT2D eigenvalue weighted by molar-refractivity contribution is 7.18. The molecule has 0 amide bonds. The van der Waals surface area contributed by atoms with Crippen molar-refractivity contribution < 1.29 is 5.11 Å². The van der Waals surface area contributed by atoms with E-state index in [4.69, 9.17) is 10.1 Å². The molecule has 0 saturated carbocycles. The van der Waals surface area contributed by atoms with Gasteiger partial charge in [-0.2, -0.15) is 0 Å². The molecular weight excluding hydrogens is 382 g/mol. The molecule has 6 nitrogen and oxygen atoms in total. The van der Waals surface area contributed by atoms with E-state index < -0.39 is 0 Å². The summed E-state index contributed by atoms with van der Waals surface area (Å²) in [6, 6.07) is 10.3. The molecule has 0 aromatic carbocycles. The minimum Gasteiger partial charge on any atom is -0.396 e. The topological polar surface area (TPSA) is 74.2 Å². The molecule has 0 radical (unpaired) electrons. The van der Waals surface area contributed by atoms with Gasteiger partial charge in [-0.15, -0.1) is 0 Å². The molecule has 0 unspecified atom stereocenters. The number of pyridine rings is 2. The van der Waals surface area contributed by atoms with E-state index in [0.29, 0.717) is 6.04 Å². The van der Waals surface area contributed by atoms with Crippen molar-refractivity contribution in [1.29, 1.82) is 0 Å². The molecule has 3 aromatic rings. The van der Waals surface area contributed by atoms with Crippen molar-refractivity contribution in [3.63, 3.8) is 0 Å². The van der Waals surface area contributed by atoms with E-state index in [9.17, 15) is 0 Å². The number of rotatable bonds is 10. The van der Waals surface area contributed by atoms with E-state index in [0.717, 1.165) is 58.7 Å². The third-order valence-corrected chi connectivity index (χ3v) is 5.65. The first kappa shape index (κ1) is 21.2. The first-order valence-electron chi connectivity index (χ1n) is 10.1. The number of aromatic nitrogens is 3. The van der Waals surface area contributed by atoms with Crippen molar-refractivity contribution in [3.05, 3.63) is 48.3 Å². The van der Waals surface area contributed by atoms with Crippen molar-refractivity contribution in [3.8, 4) is 10.6 Å². The summed E-state index contributed by atoms with van der Waals surface area (Å²) in [4.78, 5) is 17.1. The normalized spacial score (nSPS) is 11.1. The Morgan fingerprint density at radius 1 is 1.10 bits per heavy atom. The number of hydrogen-bond donors (Lipinski definition) is 2. The molecule has 0 aliphatic carbocycles. The molecule has 29 heavy (non-hydrogen) atoms. The first-order valence-corrected chi connectivity index (χ1v) is 10.9. The molecular formula is C22H29N5OS. The highest BCUT2D eigenvalue weighted by atomic mass is 32.1. The third-order valence-electron chi connectivity index (χ3n) is 4.59. The number of aryl methyl sites for hydroxylation is 1. The minimum absolute atomic E-state index is 0.261. The number of aliphatic hydroxyl groups excluding tert-OH is 1. The number of unbranched alkanes of at least 4 members (excludes halogenated alkanes) is 2. The summed E-state index contributed by atoms with van der Waals surface area (Å²) in [5.74, 6) is 1.55. The highest BCUT2D eigenvalue weighted by Crippen LogP contribution is 2.32. The van der Waals surface area contributed by atoms with Crippen molar-refractivity contribution >= 4 is 28.1 Å². The second-order valence-corrected chi connectivity index (χ2v) is 8.34. The van der Waals surface area contributed by atoms with Crippen molar-refractivity contribution in [1.82, 2.24) is 15.0 Å². The monoisotopic (exact) mass is 411 g/mol. The summed E-state index contributed by atoms with van der Waals surface area (Å²) in [6.07, 6.45) is 6.63. The van der Waals surface area contributed by atoms with E-state index in [-0.39, 0.29) is 6.61 Å². The van der Waals surface area contributed by atoms with Crippen LogP contribution in [0.3, 0.4) is 0 Å². The molecule has 7 heteroatoms. The van der Waals surface area contributed by atoms with Gasteiger partial charge in [-0.3, -0.25) is 0 Å². The lowest BCUT2D eigenvalue weighted by Crippen LogP contribution is -2.31. The Labute approximate surface area is 176 Å². The van der Waals surface area contributed by atoms with Crippen LogP contribution < -0.4 is 10.2 Å². The van der Waals surface area contributed by atoms with Crippen molar-refractivity contribution in [2.24, 2.45) is 0 Å². The van der Waals surface area contributed by atoms with E-state index in [1.165, 1.54) is 0 Å². The van der Waals surface area contributed by atoms with Crippen LogP contribution >= 0.6 is 11.3 Å². The molecule has 0 bridgehead atoms. The maximum Gasteiger partial charge on any atom is 0.186 e. The fourth-order valence-corrected chi connectivity index (χ4v) is 4.08. The van der Waals surface area contributed by atoms with Gasteiger partial charge in [-0.1, -0.05) is 17.4 Å². The van der Waals surface area contributed by atoms with E-state index >= 15 is 0 Å². The molecule has 0 saturated heterocycles. The van der Waals surface area contributed by atoms with Gasteiger partial charge in [0.25, 0.3) is 0 Å². The molecule has 2 N–H and O–H groups in total.